The number of alkyl halides is 8. The summed E-state index contributed by atoms with van der Waals surface area (Å²) in [5.74, 6) is -1.60. The van der Waals surface area contributed by atoms with Gasteiger partial charge in [0.2, 0.25) is 0 Å². The highest BCUT2D eigenvalue weighted by atomic mass is 35.5. The molecule has 2 N–H and O–H groups in total. The Morgan fingerprint density at radius 2 is 1.15 bits per heavy atom. The number of allylic oxidation sites excluding steroid dienone is 6. The van der Waals surface area contributed by atoms with E-state index in [1.54, 1.807) is 18.2 Å². The number of hydrogen-bond acceptors (Lipinski definition) is 1. The van der Waals surface area contributed by atoms with E-state index in [-0.39, 0.29) is 20.1 Å². The molecule has 6 atom stereocenters. The van der Waals surface area contributed by atoms with Gasteiger partial charge in [-0.05, 0) is 34.4 Å². The van der Waals surface area contributed by atoms with Gasteiger partial charge in [0.05, 0.1) is 20.1 Å². The van der Waals surface area contributed by atoms with Gasteiger partial charge >= 0.3 is 0 Å². The zero-order valence-electron chi connectivity index (χ0n) is 15.5. The molecule has 0 unspecified atom stereocenters. The molecule has 33 heavy (non-hydrogen) atoms. The maximum atomic E-state index is 7.22. The molecule has 5 aliphatic carbocycles. The zero-order chi connectivity index (χ0) is 24.5. The molecule has 5 aliphatic rings. The fourth-order valence-corrected chi connectivity index (χ4v) is 12.0. The van der Waals surface area contributed by atoms with Crippen molar-refractivity contribution in [2.45, 2.75) is 34.1 Å². The van der Waals surface area contributed by atoms with Crippen molar-refractivity contribution in [2.24, 2.45) is 5.92 Å². The number of benzene rings is 1. The first kappa shape index (κ1) is 25.0. The van der Waals surface area contributed by atoms with E-state index in [0.29, 0.717) is 28.0 Å². The lowest BCUT2D eigenvalue weighted by Crippen LogP contribution is -2.49. The van der Waals surface area contributed by atoms with Crippen molar-refractivity contribution >= 4 is 150 Å². The fraction of sp³-hybridized carbons (Fsp3) is 0.400. The molecular weight excluding hydrogens is 680 g/mol. The van der Waals surface area contributed by atoms with E-state index in [1.807, 2.05) is 0 Å². The Labute approximate surface area is 248 Å². The van der Waals surface area contributed by atoms with E-state index >= 15 is 0 Å². The molecule has 0 heterocycles. The van der Waals surface area contributed by atoms with Crippen LogP contribution in [0, 0.1) is 5.92 Å². The first-order valence-electron chi connectivity index (χ1n) is 9.28. The molecule has 0 amide bonds. The zero-order valence-corrected chi connectivity index (χ0v) is 24.6. The molecule has 0 aliphatic heterocycles. The molecule has 6 rings (SSSR count). The molecule has 1 aromatic rings. The number of nitrogen functional groups attached to an aromatic ring is 1. The Morgan fingerprint density at radius 3 is 1.73 bits per heavy atom. The molecule has 1 saturated carbocycles. The molecule has 1 nitrogen and oxygen atoms in total. The van der Waals surface area contributed by atoms with Gasteiger partial charge in [-0.2, -0.15) is 0 Å². The molecule has 176 valence electrons. The summed E-state index contributed by atoms with van der Waals surface area (Å²) in [5, 5.41) is -0.0193. The van der Waals surface area contributed by atoms with Gasteiger partial charge in [-0.3, -0.25) is 0 Å². The molecule has 0 radical (unpaired) electrons. The first-order chi connectivity index (χ1) is 15.0. The van der Waals surface area contributed by atoms with E-state index in [0.717, 1.165) is 0 Å². The molecular formula is C20H7Cl12N. The van der Waals surface area contributed by atoms with Crippen LogP contribution in [0.1, 0.15) is 17.0 Å². The molecule has 0 aromatic heterocycles. The van der Waals surface area contributed by atoms with E-state index < -0.39 is 40.0 Å². The third-order valence-corrected chi connectivity index (χ3v) is 15.9. The Kier molecular flexibility index (Phi) is 5.04. The van der Waals surface area contributed by atoms with Crippen LogP contribution in [0.4, 0.5) is 5.69 Å². The van der Waals surface area contributed by atoms with E-state index in [4.69, 9.17) is 145 Å². The van der Waals surface area contributed by atoms with Crippen molar-refractivity contribution in [1.29, 1.82) is 0 Å². The lowest BCUT2D eigenvalue weighted by Gasteiger charge is -2.46. The third-order valence-electron chi connectivity index (χ3n) is 7.57. The minimum atomic E-state index is -1.91. The topological polar surface area (TPSA) is 26.0 Å². The number of halogens is 12. The van der Waals surface area contributed by atoms with Crippen LogP contribution in [0.5, 0.6) is 0 Å². The average molecular weight is 687 g/mol. The second-order valence-corrected chi connectivity index (χ2v) is 15.2. The van der Waals surface area contributed by atoms with Crippen LogP contribution in [0.3, 0.4) is 0 Å². The molecule has 1 aromatic carbocycles. The van der Waals surface area contributed by atoms with Crippen molar-refractivity contribution in [3.63, 3.8) is 0 Å². The van der Waals surface area contributed by atoms with Gasteiger partial charge in [0.1, 0.15) is 19.5 Å². The summed E-state index contributed by atoms with van der Waals surface area (Å²) >= 11 is 83.0. The van der Waals surface area contributed by atoms with Gasteiger partial charge < -0.3 is 5.73 Å². The highest BCUT2D eigenvalue weighted by Crippen LogP contribution is 2.86. The SMILES string of the molecule is Nc1ccc2c(c1)[C@H]1[C@@H](C3=C2[C@]2(Cl)C(Cl)=C(Cl)[C@]3(Cl)C2(Cl)Cl)[C@]2(Cl)C(Cl)=C(Cl)[C@]1(Cl)C2(Cl)Cl. The van der Waals surface area contributed by atoms with Crippen LogP contribution >= 0.6 is 139 Å². The van der Waals surface area contributed by atoms with Crippen LogP contribution in [-0.2, 0) is 0 Å². The quantitative estimate of drug-likeness (QED) is 0.214. The largest absolute Gasteiger partial charge is 0.399 e. The predicted molar refractivity (Wildman–Crippen MR) is 145 cm³/mol. The van der Waals surface area contributed by atoms with Crippen LogP contribution in [0.15, 0.2) is 43.9 Å². The van der Waals surface area contributed by atoms with Gasteiger partial charge in [0.25, 0.3) is 0 Å². The Balaban J connectivity index is 1.83. The fourth-order valence-electron chi connectivity index (χ4n) is 6.24. The molecule has 1 fully saturated rings. The summed E-state index contributed by atoms with van der Waals surface area (Å²) in [6.45, 7) is 0. The normalized spacial score (nSPS) is 45.7. The number of fused-ring (bicyclic) bond motifs is 13. The van der Waals surface area contributed by atoms with Crippen molar-refractivity contribution in [2.75, 3.05) is 5.73 Å². The van der Waals surface area contributed by atoms with E-state index in [1.165, 1.54) is 0 Å². The minimum Gasteiger partial charge on any atom is -0.399 e. The van der Waals surface area contributed by atoms with Gasteiger partial charge in [0, 0.05) is 17.5 Å². The highest BCUT2D eigenvalue weighted by molar-refractivity contribution is 6.70. The lowest BCUT2D eigenvalue weighted by molar-refractivity contribution is 0.444. The summed E-state index contributed by atoms with van der Waals surface area (Å²) in [7, 11) is 0. The molecule has 4 bridgehead atoms. The smallest absolute Gasteiger partial charge is 0.174 e. The van der Waals surface area contributed by atoms with Gasteiger partial charge in [-0.25, -0.2) is 0 Å². The second kappa shape index (κ2) is 6.64. The Bertz CT molecular complexity index is 1310. The lowest BCUT2D eigenvalue weighted by atomic mass is 9.64. The van der Waals surface area contributed by atoms with Gasteiger partial charge in [-0.15, -0.1) is 46.4 Å². The summed E-state index contributed by atoms with van der Waals surface area (Å²) < 4.78 is -3.79. The first-order valence-corrected chi connectivity index (χ1v) is 13.8. The maximum absolute atomic E-state index is 7.22. The minimum absolute atomic E-state index is 0.000792. The number of anilines is 1. The monoisotopic (exact) mass is 681 g/mol. The highest BCUT2D eigenvalue weighted by Gasteiger charge is 2.88. The van der Waals surface area contributed by atoms with Crippen LogP contribution in [-0.4, -0.2) is 28.2 Å². The third kappa shape index (κ3) is 2.11. The van der Waals surface area contributed by atoms with Crippen molar-refractivity contribution in [3.05, 3.63) is 55.0 Å². The number of nitrogens with two attached hydrogens (primary N) is 1. The molecule has 0 saturated heterocycles. The number of hydrogen-bond donors (Lipinski definition) is 1. The van der Waals surface area contributed by atoms with E-state index in [9.17, 15) is 0 Å². The number of rotatable bonds is 0. The second-order valence-electron chi connectivity index (χ2n) is 8.74. The van der Waals surface area contributed by atoms with E-state index in [2.05, 4.69) is 0 Å². The summed E-state index contributed by atoms with van der Waals surface area (Å²) in [4.78, 5) is -6.85. The van der Waals surface area contributed by atoms with Gasteiger partial charge in [0.15, 0.2) is 8.67 Å². The van der Waals surface area contributed by atoms with Crippen LogP contribution in [0.2, 0.25) is 0 Å². The molecule has 13 heteroatoms. The standard InChI is InChI=1S/C20H7Cl12N/c21-11-13(23)17(27)9-7(15(11,25)19(17,29)30)5-2-1-4(33)3-6(5)8-10(9)18(28)14(24)12(22)16(8,26)20(18,31)32/h1-3,8,10H,33H2/t8-,10-,15-,16-,17-,18-/m0/s1. The summed E-state index contributed by atoms with van der Waals surface area (Å²) in [6, 6.07) is 5.16. The predicted octanol–water partition coefficient (Wildman–Crippen LogP) is 9.43. The van der Waals surface area contributed by atoms with Crippen molar-refractivity contribution in [3.8, 4) is 0 Å². The molecule has 0 spiro atoms. The maximum Gasteiger partial charge on any atom is 0.174 e. The Hall–Kier alpha value is 1.72. The summed E-state index contributed by atoms with van der Waals surface area (Å²) in [6.07, 6.45) is 0. The average Bonchev–Trinajstić information content (AvgIpc) is 3.08. The van der Waals surface area contributed by atoms with Crippen molar-refractivity contribution < 1.29 is 0 Å². The van der Waals surface area contributed by atoms with Gasteiger partial charge in [-0.1, -0.05) is 98.9 Å². The van der Waals surface area contributed by atoms with Crippen molar-refractivity contribution in [1.82, 2.24) is 0 Å². The summed E-state index contributed by atoms with van der Waals surface area (Å²) in [5.41, 5.74) is 8.65. The van der Waals surface area contributed by atoms with Crippen LogP contribution < -0.4 is 5.73 Å². The Morgan fingerprint density at radius 1 is 0.636 bits per heavy atom. The van der Waals surface area contributed by atoms with Crippen LogP contribution in [0.25, 0.3) is 5.57 Å².